The highest BCUT2D eigenvalue weighted by atomic mass is 16.4. The molecule has 8 N–H and O–H groups in total. The van der Waals surface area contributed by atoms with E-state index in [1.54, 1.807) is 0 Å². The molecule has 3 aromatic rings. The van der Waals surface area contributed by atoms with Crippen LogP contribution in [-0.4, -0.2) is 36.2 Å². The van der Waals surface area contributed by atoms with Gasteiger partial charge in [0.15, 0.2) is 5.65 Å². The van der Waals surface area contributed by atoms with E-state index in [9.17, 15) is 15.0 Å². The number of aromatic hydroxyl groups is 2. The highest BCUT2D eigenvalue weighted by Crippen LogP contribution is 2.34. The Bertz CT molecular complexity index is 879. The van der Waals surface area contributed by atoms with Gasteiger partial charge in [-0.15, -0.1) is 0 Å². The highest BCUT2D eigenvalue weighted by Gasteiger charge is 2.18. The summed E-state index contributed by atoms with van der Waals surface area (Å²) < 4.78 is 0. The molecule has 0 atom stereocenters. The fourth-order valence-corrected chi connectivity index (χ4v) is 2.04. The van der Waals surface area contributed by atoms with E-state index in [1.165, 1.54) is 6.07 Å². The van der Waals surface area contributed by atoms with E-state index >= 15 is 0 Å². The van der Waals surface area contributed by atoms with Gasteiger partial charge < -0.3 is 31.8 Å². The topological polar surface area (TPSA) is 171 Å². The maximum atomic E-state index is 10.9. The van der Waals surface area contributed by atoms with Gasteiger partial charge in [0.1, 0.15) is 28.7 Å². The Morgan fingerprint density at radius 3 is 2.50 bits per heavy atom. The summed E-state index contributed by atoms with van der Waals surface area (Å²) in [6.07, 6.45) is 0. The molecule has 0 aliphatic heterocycles. The summed E-state index contributed by atoms with van der Waals surface area (Å²) in [5.74, 6) is -1.88. The van der Waals surface area contributed by atoms with Crippen LogP contribution in [0.3, 0.4) is 0 Å². The van der Waals surface area contributed by atoms with Gasteiger partial charge in [0.2, 0.25) is 0 Å². The molecule has 0 aliphatic rings. The van der Waals surface area contributed by atoms with Crippen molar-refractivity contribution in [3.8, 4) is 22.9 Å². The van der Waals surface area contributed by atoms with Crippen LogP contribution in [0, 0.1) is 0 Å². The fraction of sp³-hybridized carbons (Fsp3) is 0. The van der Waals surface area contributed by atoms with Gasteiger partial charge in [0.05, 0.1) is 16.8 Å². The first-order valence-corrected chi connectivity index (χ1v) is 6.08. The predicted octanol–water partition coefficient (Wildman–Crippen LogP) is 0.899. The minimum absolute atomic E-state index is 0.123. The van der Waals surface area contributed by atoms with Gasteiger partial charge in [-0.1, -0.05) is 0 Å². The largest absolute Gasteiger partial charge is 0.507 e. The number of aromatic amines is 1. The van der Waals surface area contributed by atoms with Crippen molar-refractivity contribution in [3.05, 3.63) is 23.8 Å². The van der Waals surface area contributed by atoms with Crippen molar-refractivity contribution >= 4 is 28.6 Å². The monoisotopic (exact) mass is 301 g/mol. The van der Waals surface area contributed by atoms with Crippen LogP contribution in [0.1, 0.15) is 10.4 Å². The number of fused-ring (bicyclic) bond motifs is 1. The standard InChI is InChI=1S/C13H11N5O4/c14-6-3-7-12(17-10(6)15)18-11(16-7)4-1-9(20)5(13(21)22)2-8(4)19/h1-3,19-20H,14H2,(H,21,22)(H3,15,16,17,18). The first kappa shape index (κ1) is 13.5. The molecular formula is C13H11N5O4. The number of aromatic nitrogens is 3. The highest BCUT2D eigenvalue weighted by molar-refractivity contribution is 5.93. The maximum absolute atomic E-state index is 10.9. The van der Waals surface area contributed by atoms with Crippen LogP contribution >= 0.6 is 0 Å². The molecule has 0 radical (unpaired) electrons. The van der Waals surface area contributed by atoms with E-state index in [-0.39, 0.29) is 34.3 Å². The second-order valence-corrected chi connectivity index (χ2v) is 4.61. The van der Waals surface area contributed by atoms with Gasteiger partial charge in [-0.2, -0.15) is 0 Å². The van der Waals surface area contributed by atoms with Gasteiger partial charge in [0, 0.05) is 0 Å². The number of benzene rings is 1. The first-order chi connectivity index (χ1) is 10.4. The molecule has 0 aliphatic carbocycles. The number of carboxylic acids is 1. The molecule has 0 saturated heterocycles. The number of phenols is 2. The first-order valence-electron chi connectivity index (χ1n) is 6.08. The summed E-state index contributed by atoms with van der Waals surface area (Å²) >= 11 is 0. The Labute approximate surface area is 122 Å². The number of H-pyrrole nitrogens is 1. The van der Waals surface area contributed by atoms with Crippen molar-refractivity contribution in [2.75, 3.05) is 11.5 Å². The molecule has 9 nitrogen and oxygen atoms in total. The third-order valence-electron chi connectivity index (χ3n) is 3.13. The van der Waals surface area contributed by atoms with Crippen LogP contribution in [0.5, 0.6) is 11.5 Å². The third-order valence-corrected chi connectivity index (χ3v) is 3.13. The normalized spacial score (nSPS) is 10.9. The number of hydrogen-bond acceptors (Lipinski definition) is 7. The molecule has 1 aromatic carbocycles. The number of rotatable bonds is 2. The number of nitrogens with two attached hydrogens (primary N) is 2. The van der Waals surface area contributed by atoms with Crippen LogP contribution in [0.15, 0.2) is 18.2 Å². The summed E-state index contributed by atoms with van der Waals surface area (Å²) in [4.78, 5) is 21.9. The Hall–Kier alpha value is -3.49. The predicted molar refractivity (Wildman–Crippen MR) is 78.4 cm³/mol. The van der Waals surface area contributed by atoms with Gasteiger partial charge in [0.25, 0.3) is 0 Å². The zero-order valence-corrected chi connectivity index (χ0v) is 11.0. The van der Waals surface area contributed by atoms with Crippen molar-refractivity contribution < 1.29 is 20.1 Å². The van der Waals surface area contributed by atoms with E-state index in [4.69, 9.17) is 16.6 Å². The second kappa shape index (κ2) is 4.52. The van der Waals surface area contributed by atoms with Crippen molar-refractivity contribution in [1.29, 1.82) is 0 Å². The lowest BCUT2D eigenvalue weighted by molar-refractivity contribution is 0.0693. The second-order valence-electron chi connectivity index (χ2n) is 4.61. The molecule has 0 unspecified atom stereocenters. The van der Waals surface area contributed by atoms with E-state index in [1.807, 2.05) is 0 Å². The van der Waals surface area contributed by atoms with Crippen molar-refractivity contribution in [2.24, 2.45) is 0 Å². The Morgan fingerprint density at radius 1 is 1.09 bits per heavy atom. The number of nitrogens with zero attached hydrogens (tertiary/aromatic N) is 2. The van der Waals surface area contributed by atoms with E-state index in [2.05, 4.69) is 15.0 Å². The molecule has 0 fully saturated rings. The molecule has 2 heterocycles. The average molecular weight is 301 g/mol. The van der Waals surface area contributed by atoms with Gasteiger partial charge in [-0.3, -0.25) is 0 Å². The summed E-state index contributed by atoms with van der Waals surface area (Å²) in [7, 11) is 0. The summed E-state index contributed by atoms with van der Waals surface area (Å²) in [5.41, 5.74) is 12.0. The van der Waals surface area contributed by atoms with E-state index in [0.29, 0.717) is 5.52 Å². The number of pyridine rings is 1. The lowest BCUT2D eigenvalue weighted by Crippen LogP contribution is -1.97. The number of phenolic OH excluding ortho intramolecular Hbond substituents is 1. The summed E-state index contributed by atoms with van der Waals surface area (Å²) in [5, 5.41) is 28.6. The number of hydrogen-bond donors (Lipinski definition) is 6. The smallest absolute Gasteiger partial charge is 0.339 e. The molecular weight excluding hydrogens is 290 g/mol. The van der Waals surface area contributed by atoms with Crippen LogP contribution in [0.25, 0.3) is 22.6 Å². The zero-order valence-electron chi connectivity index (χ0n) is 11.0. The summed E-state index contributed by atoms with van der Waals surface area (Å²) in [6, 6.07) is 3.58. The van der Waals surface area contributed by atoms with Crippen LogP contribution < -0.4 is 11.5 Å². The third kappa shape index (κ3) is 2.00. The number of carbonyl (C=O) groups is 1. The number of aromatic carboxylic acids is 1. The number of nitrogen functional groups attached to an aromatic ring is 2. The van der Waals surface area contributed by atoms with Crippen molar-refractivity contribution in [3.63, 3.8) is 0 Å². The maximum Gasteiger partial charge on any atom is 0.339 e. The Morgan fingerprint density at radius 2 is 1.82 bits per heavy atom. The van der Waals surface area contributed by atoms with E-state index < -0.39 is 17.3 Å². The molecule has 0 bridgehead atoms. The molecule has 2 aromatic heterocycles. The minimum atomic E-state index is -1.36. The lowest BCUT2D eigenvalue weighted by atomic mass is 10.1. The number of nitrogens with one attached hydrogen (secondary N) is 1. The van der Waals surface area contributed by atoms with Gasteiger partial charge in [-0.25, -0.2) is 14.8 Å². The van der Waals surface area contributed by atoms with Crippen molar-refractivity contribution in [2.45, 2.75) is 0 Å². The van der Waals surface area contributed by atoms with Gasteiger partial charge in [-0.05, 0) is 18.2 Å². The average Bonchev–Trinajstić information content (AvgIpc) is 2.83. The quantitative estimate of drug-likeness (QED) is 0.379. The SMILES string of the molecule is Nc1cc2[nH]c(-c3cc(O)c(C(=O)O)cc3O)nc2nc1N. The number of imidazole rings is 1. The Kier molecular flexibility index (Phi) is 2.77. The van der Waals surface area contributed by atoms with Crippen LogP contribution in [0.4, 0.5) is 11.5 Å². The van der Waals surface area contributed by atoms with E-state index in [0.717, 1.165) is 12.1 Å². The fourth-order valence-electron chi connectivity index (χ4n) is 2.04. The molecule has 0 saturated carbocycles. The summed E-state index contributed by atoms with van der Waals surface area (Å²) in [6.45, 7) is 0. The number of carboxylic acid groups (broad SMARTS) is 1. The van der Waals surface area contributed by atoms with Crippen molar-refractivity contribution in [1.82, 2.24) is 15.0 Å². The zero-order chi connectivity index (χ0) is 16.0. The molecule has 9 heteroatoms. The molecule has 112 valence electrons. The molecule has 0 amide bonds. The van der Waals surface area contributed by atoms with Crippen LogP contribution in [0.2, 0.25) is 0 Å². The molecule has 3 rings (SSSR count). The Balaban J connectivity index is 2.19. The van der Waals surface area contributed by atoms with Crippen LogP contribution in [-0.2, 0) is 0 Å². The minimum Gasteiger partial charge on any atom is -0.507 e. The molecule has 22 heavy (non-hydrogen) atoms. The molecule has 0 spiro atoms. The van der Waals surface area contributed by atoms with Gasteiger partial charge >= 0.3 is 5.97 Å². The lowest BCUT2D eigenvalue weighted by Gasteiger charge is -2.05. The number of anilines is 2.